The molecule has 0 saturated carbocycles. The predicted molar refractivity (Wildman–Crippen MR) is 64.7 cm³/mol. The SMILES string of the molecule is Cc1ccc(Br)c(C(N)C2CCOC2)c1. The summed E-state index contributed by atoms with van der Waals surface area (Å²) in [4.78, 5) is 0. The van der Waals surface area contributed by atoms with Crippen LogP contribution in [0.1, 0.15) is 23.6 Å². The van der Waals surface area contributed by atoms with E-state index in [-0.39, 0.29) is 6.04 Å². The van der Waals surface area contributed by atoms with Crippen molar-refractivity contribution in [1.29, 1.82) is 0 Å². The summed E-state index contributed by atoms with van der Waals surface area (Å²) in [6.07, 6.45) is 1.07. The van der Waals surface area contributed by atoms with Crippen molar-refractivity contribution in [3.05, 3.63) is 33.8 Å². The van der Waals surface area contributed by atoms with Crippen molar-refractivity contribution in [3.63, 3.8) is 0 Å². The molecule has 0 aromatic heterocycles. The fourth-order valence-electron chi connectivity index (χ4n) is 2.01. The second-order valence-corrected chi connectivity index (χ2v) is 5.03. The van der Waals surface area contributed by atoms with Gasteiger partial charge in [0.1, 0.15) is 0 Å². The molecule has 1 fully saturated rings. The van der Waals surface area contributed by atoms with Crippen molar-refractivity contribution < 1.29 is 4.74 Å². The van der Waals surface area contributed by atoms with Gasteiger partial charge in [0.15, 0.2) is 0 Å². The van der Waals surface area contributed by atoms with E-state index in [1.807, 2.05) is 0 Å². The second kappa shape index (κ2) is 4.64. The highest BCUT2D eigenvalue weighted by Crippen LogP contribution is 2.31. The summed E-state index contributed by atoms with van der Waals surface area (Å²) in [5.74, 6) is 0.461. The van der Waals surface area contributed by atoms with Gasteiger partial charge in [0, 0.05) is 23.0 Å². The van der Waals surface area contributed by atoms with Crippen molar-refractivity contribution in [1.82, 2.24) is 0 Å². The molecule has 1 aliphatic rings. The molecule has 0 spiro atoms. The minimum Gasteiger partial charge on any atom is -0.381 e. The van der Waals surface area contributed by atoms with Crippen molar-refractivity contribution in [3.8, 4) is 0 Å². The molecular formula is C12H16BrNO. The molecule has 1 aliphatic heterocycles. The second-order valence-electron chi connectivity index (χ2n) is 4.17. The Balaban J connectivity index is 2.23. The van der Waals surface area contributed by atoms with Gasteiger partial charge in [-0.2, -0.15) is 0 Å². The van der Waals surface area contributed by atoms with Gasteiger partial charge < -0.3 is 10.5 Å². The number of benzene rings is 1. The average Bonchev–Trinajstić information content (AvgIpc) is 2.74. The monoisotopic (exact) mass is 269 g/mol. The van der Waals surface area contributed by atoms with Crippen LogP contribution in [-0.2, 0) is 4.74 Å². The minimum absolute atomic E-state index is 0.0850. The first-order chi connectivity index (χ1) is 7.18. The fraction of sp³-hybridized carbons (Fsp3) is 0.500. The highest BCUT2D eigenvalue weighted by atomic mass is 79.9. The van der Waals surface area contributed by atoms with Crippen LogP contribution in [0.2, 0.25) is 0 Å². The quantitative estimate of drug-likeness (QED) is 0.896. The van der Waals surface area contributed by atoms with Gasteiger partial charge in [0.05, 0.1) is 6.61 Å². The Morgan fingerprint density at radius 2 is 2.33 bits per heavy atom. The number of aryl methyl sites for hydroxylation is 1. The summed E-state index contributed by atoms with van der Waals surface area (Å²) in [6, 6.07) is 6.40. The van der Waals surface area contributed by atoms with Gasteiger partial charge in [0.2, 0.25) is 0 Å². The third-order valence-corrected chi connectivity index (χ3v) is 3.71. The van der Waals surface area contributed by atoms with E-state index in [4.69, 9.17) is 10.5 Å². The molecule has 1 aromatic rings. The summed E-state index contributed by atoms with van der Waals surface area (Å²) < 4.78 is 6.48. The smallest absolute Gasteiger partial charge is 0.0513 e. The lowest BCUT2D eigenvalue weighted by molar-refractivity contribution is 0.181. The Bertz CT molecular complexity index is 347. The molecule has 2 rings (SSSR count). The molecule has 0 amide bonds. The molecule has 0 aliphatic carbocycles. The lowest BCUT2D eigenvalue weighted by atomic mass is 9.92. The highest BCUT2D eigenvalue weighted by Gasteiger charge is 2.25. The largest absolute Gasteiger partial charge is 0.381 e. The van der Waals surface area contributed by atoms with E-state index in [9.17, 15) is 0 Å². The molecule has 0 bridgehead atoms. The first kappa shape index (κ1) is 11.1. The molecule has 3 heteroatoms. The van der Waals surface area contributed by atoms with E-state index in [0.717, 1.165) is 24.1 Å². The van der Waals surface area contributed by atoms with Gasteiger partial charge in [0.25, 0.3) is 0 Å². The number of ether oxygens (including phenoxy) is 1. The Labute approximate surface area is 98.9 Å². The van der Waals surface area contributed by atoms with Crippen LogP contribution < -0.4 is 5.73 Å². The third-order valence-electron chi connectivity index (χ3n) is 2.98. The van der Waals surface area contributed by atoms with Crippen LogP contribution in [-0.4, -0.2) is 13.2 Å². The Kier molecular flexibility index (Phi) is 3.44. The standard InChI is InChI=1S/C12H16BrNO/c1-8-2-3-11(13)10(6-8)12(14)9-4-5-15-7-9/h2-3,6,9,12H,4-5,7,14H2,1H3. The maximum Gasteiger partial charge on any atom is 0.0513 e. The van der Waals surface area contributed by atoms with Gasteiger partial charge >= 0.3 is 0 Å². The maximum atomic E-state index is 6.26. The van der Waals surface area contributed by atoms with Crippen molar-refractivity contribution in [2.75, 3.05) is 13.2 Å². The van der Waals surface area contributed by atoms with Crippen LogP contribution in [0.3, 0.4) is 0 Å². The maximum absolute atomic E-state index is 6.26. The molecular weight excluding hydrogens is 254 g/mol. The molecule has 2 nitrogen and oxygen atoms in total. The average molecular weight is 270 g/mol. The summed E-state index contributed by atoms with van der Waals surface area (Å²) in [5, 5.41) is 0. The van der Waals surface area contributed by atoms with Gasteiger partial charge in [-0.1, -0.05) is 33.6 Å². The topological polar surface area (TPSA) is 35.2 Å². The molecule has 2 unspecified atom stereocenters. The zero-order valence-corrected chi connectivity index (χ0v) is 10.5. The summed E-state index contributed by atoms with van der Waals surface area (Å²) in [7, 11) is 0. The first-order valence-corrected chi connectivity index (χ1v) is 6.07. The van der Waals surface area contributed by atoms with E-state index >= 15 is 0 Å². The number of nitrogens with two attached hydrogens (primary N) is 1. The van der Waals surface area contributed by atoms with Crippen LogP contribution in [0, 0.1) is 12.8 Å². The molecule has 0 radical (unpaired) electrons. The highest BCUT2D eigenvalue weighted by molar-refractivity contribution is 9.10. The Hall–Kier alpha value is -0.380. The van der Waals surface area contributed by atoms with Gasteiger partial charge in [-0.15, -0.1) is 0 Å². The van der Waals surface area contributed by atoms with Crippen LogP contribution in [0.25, 0.3) is 0 Å². The van der Waals surface area contributed by atoms with E-state index < -0.39 is 0 Å². The van der Waals surface area contributed by atoms with Crippen molar-refractivity contribution >= 4 is 15.9 Å². The first-order valence-electron chi connectivity index (χ1n) is 5.28. The lowest BCUT2D eigenvalue weighted by Gasteiger charge is -2.19. The summed E-state index contributed by atoms with van der Waals surface area (Å²) >= 11 is 3.56. The zero-order valence-electron chi connectivity index (χ0n) is 8.87. The number of hydrogen-bond acceptors (Lipinski definition) is 2. The molecule has 2 atom stereocenters. The summed E-state index contributed by atoms with van der Waals surface area (Å²) in [6.45, 7) is 3.73. The number of hydrogen-bond donors (Lipinski definition) is 1. The summed E-state index contributed by atoms with van der Waals surface area (Å²) in [5.41, 5.74) is 8.71. The van der Waals surface area contributed by atoms with Gasteiger partial charge in [-0.3, -0.25) is 0 Å². The van der Waals surface area contributed by atoms with E-state index in [0.29, 0.717) is 5.92 Å². The molecule has 1 aromatic carbocycles. The zero-order chi connectivity index (χ0) is 10.8. The molecule has 15 heavy (non-hydrogen) atoms. The van der Waals surface area contributed by atoms with Crippen LogP contribution in [0.5, 0.6) is 0 Å². The molecule has 1 saturated heterocycles. The van der Waals surface area contributed by atoms with Crippen LogP contribution in [0.4, 0.5) is 0 Å². The predicted octanol–water partition coefficient (Wildman–Crippen LogP) is 2.79. The molecule has 2 N–H and O–H groups in total. The molecule has 82 valence electrons. The Morgan fingerprint density at radius 3 is 3.00 bits per heavy atom. The minimum atomic E-state index is 0.0850. The van der Waals surface area contributed by atoms with E-state index in [2.05, 4.69) is 41.1 Å². The number of rotatable bonds is 2. The fourth-order valence-corrected chi connectivity index (χ4v) is 2.52. The number of halogens is 1. The van der Waals surface area contributed by atoms with E-state index in [1.165, 1.54) is 11.1 Å². The van der Waals surface area contributed by atoms with Crippen LogP contribution >= 0.6 is 15.9 Å². The van der Waals surface area contributed by atoms with Crippen molar-refractivity contribution in [2.24, 2.45) is 11.7 Å². The normalized spacial score (nSPS) is 23.0. The van der Waals surface area contributed by atoms with Crippen molar-refractivity contribution in [2.45, 2.75) is 19.4 Å². The van der Waals surface area contributed by atoms with E-state index in [1.54, 1.807) is 0 Å². The van der Waals surface area contributed by atoms with Crippen LogP contribution in [0.15, 0.2) is 22.7 Å². The van der Waals surface area contributed by atoms with Gasteiger partial charge in [-0.05, 0) is 25.0 Å². The van der Waals surface area contributed by atoms with Gasteiger partial charge in [-0.25, -0.2) is 0 Å². The Morgan fingerprint density at radius 1 is 1.53 bits per heavy atom. The molecule has 1 heterocycles. The third kappa shape index (κ3) is 2.41. The lowest BCUT2D eigenvalue weighted by Crippen LogP contribution is -2.22.